The van der Waals surface area contributed by atoms with Gasteiger partial charge >= 0.3 is 12.2 Å². The molecule has 0 amide bonds. The molecular formula is C14H8F5N3O2. The lowest BCUT2D eigenvalue weighted by molar-refractivity contribution is -0.141. The number of halogens is 5. The third-order valence-electron chi connectivity index (χ3n) is 2.85. The molecule has 0 unspecified atom stereocenters. The highest BCUT2D eigenvalue weighted by atomic mass is 19.4. The zero-order valence-corrected chi connectivity index (χ0v) is 12.0. The molecule has 0 fully saturated rings. The van der Waals surface area contributed by atoms with Crippen LogP contribution in [0.2, 0.25) is 0 Å². The Morgan fingerprint density at radius 1 is 1.25 bits per heavy atom. The Hall–Kier alpha value is -2.96. The standard InChI is InChI=1S/C14H8F5N3O2/c1-2-24-13-21-11(14(17,18)19)5-12(23)22(13)10-4-8(15)7(6-20)3-9(10)16/h3-5H,2H2,1H3. The first-order valence-electron chi connectivity index (χ1n) is 6.42. The van der Waals surface area contributed by atoms with E-state index in [1.54, 1.807) is 0 Å². The summed E-state index contributed by atoms with van der Waals surface area (Å²) in [5, 5.41) is 8.64. The van der Waals surface area contributed by atoms with Crippen LogP contribution in [-0.4, -0.2) is 16.2 Å². The maximum atomic E-state index is 14.1. The molecular weight excluding hydrogens is 337 g/mol. The molecule has 0 bridgehead atoms. The van der Waals surface area contributed by atoms with Crippen LogP contribution >= 0.6 is 0 Å². The van der Waals surface area contributed by atoms with Crippen LogP contribution in [0.3, 0.4) is 0 Å². The van der Waals surface area contributed by atoms with E-state index in [1.807, 2.05) is 0 Å². The number of ether oxygens (including phenoxy) is 1. The number of alkyl halides is 3. The molecule has 0 aliphatic carbocycles. The Labute approximate surface area is 131 Å². The van der Waals surface area contributed by atoms with Gasteiger partial charge in [0, 0.05) is 12.1 Å². The minimum atomic E-state index is -4.92. The topological polar surface area (TPSA) is 67.9 Å². The fourth-order valence-electron chi connectivity index (χ4n) is 1.85. The first-order chi connectivity index (χ1) is 11.2. The van der Waals surface area contributed by atoms with E-state index in [9.17, 15) is 26.7 Å². The van der Waals surface area contributed by atoms with Gasteiger partial charge in [0.2, 0.25) is 0 Å². The fourth-order valence-corrected chi connectivity index (χ4v) is 1.85. The number of aromatic nitrogens is 2. The number of rotatable bonds is 3. The van der Waals surface area contributed by atoms with Crippen LogP contribution in [0, 0.1) is 23.0 Å². The van der Waals surface area contributed by atoms with Crippen LogP contribution in [0.25, 0.3) is 5.69 Å². The van der Waals surface area contributed by atoms with Gasteiger partial charge in [-0.1, -0.05) is 0 Å². The van der Waals surface area contributed by atoms with Gasteiger partial charge in [-0.2, -0.15) is 23.4 Å². The van der Waals surface area contributed by atoms with Crippen LogP contribution < -0.4 is 10.3 Å². The summed E-state index contributed by atoms with van der Waals surface area (Å²) in [5.74, 6) is -2.35. The molecule has 0 saturated heterocycles. The van der Waals surface area contributed by atoms with Crippen molar-refractivity contribution in [2.24, 2.45) is 0 Å². The number of hydrogen-bond acceptors (Lipinski definition) is 4. The number of hydrogen-bond donors (Lipinski definition) is 0. The Bertz CT molecular complexity index is 884. The van der Waals surface area contributed by atoms with Gasteiger partial charge in [-0.3, -0.25) is 4.79 Å². The van der Waals surface area contributed by atoms with Gasteiger partial charge < -0.3 is 4.74 Å². The smallest absolute Gasteiger partial charge is 0.433 e. The highest BCUT2D eigenvalue weighted by Crippen LogP contribution is 2.29. The van der Waals surface area contributed by atoms with Crippen molar-refractivity contribution in [3.8, 4) is 17.8 Å². The first kappa shape index (κ1) is 17.4. The van der Waals surface area contributed by atoms with Crippen LogP contribution in [0.4, 0.5) is 22.0 Å². The number of nitrogens with zero attached hydrogens (tertiary/aromatic N) is 3. The SMILES string of the molecule is CCOc1nc(C(F)(F)F)cc(=O)n1-c1cc(F)c(C#N)cc1F. The van der Waals surface area contributed by atoms with Gasteiger partial charge in [0.1, 0.15) is 17.7 Å². The maximum Gasteiger partial charge on any atom is 0.433 e. The first-order valence-corrected chi connectivity index (χ1v) is 6.42. The lowest BCUT2D eigenvalue weighted by Crippen LogP contribution is -2.26. The second-order valence-corrected chi connectivity index (χ2v) is 4.42. The van der Waals surface area contributed by atoms with Crippen molar-refractivity contribution < 1.29 is 26.7 Å². The molecule has 10 heteroatoms. The molecule has 126 valence electrons. The predicted octanol–water partition coefficient (Wildman–Crippen LogP) is 2.80. The van der Waals surface area contributed by atoms with Crippen LogP contribution in [0.5, 0.6) is 6.01 Å². The summed E-state index contributed by atoms with van der Waals surface area (Å²) in [4.78, 5) is 15.1. The zero-order chi connectivity index (χ0) is 18.1. The van der Waals surface area contributed by atoms with Crippen LogP contribution in [-0.2, 0) is 6.18 Å². The molecule has 1 aromatic carbocycles. The highest BCUT2D eigenvalue weighted by molar-refractivity contribution is 5.43. The van der Waals surface area contributed by atoms with Crippen molar-refractivity contribution in [1.82, 2.24) is 9.55 Å². The van der Waals surface area contributed by atoms with E-state index in [1.165, 1.54) is 13.0 Å². The molecule has 0 radical (unpaired) electrons. The summed E-state index contributed by atoms with van der Waals surface area (Å²) >= 11 is 0. The van der Waals surface area contributed by atoms with Crippen molar-refractivity contribution in [3.63, 3.8) is 0 Å². The molecule has 24 heavy (non-hydrogen) atoms. The van der Waals surface area contributed by atoms with Gasteiger partial charge in [0.05, 0.1) is 17.9 Å². The molecule has 1 heterocycles. The third-order valence-corrected chi connectivity index (χ3v) is 2.85. The van der Waals surface area contributed by atoms with E-state index in [4.69, 9.17) is 10.00 Å². The molecule has 2 rings (SSSR count). The average molecular weight is 345 g/mol. The van der Waals surface area contributed by atoms with Gasteiger partial charge in [-0.15, -0.1) is 0 Å². The molecule has 0 aliphatic rings. The van der Waals surface area contributed by atoms with Gasteiger partial charge in [0.25, 0.3) is 5.56 Å². The molecule has 2 aromatic rings. The monoisotopic (exact) mass is 345 g/mol. The number of benzene rings is 1. The molecule has 0 saturated carbocycles. The molecule has 0 atom stereocenters. The maximum absolute atomic E-state index is 14.1. The summed E-state index contributed by atoms with van der Waals surface area (Å²) in [6, 6.07) is 1.72. The summed E-state index contributed by atoms with van der Waals surface area (Å²) in [5.41, 5.74) is -4.19. The lowest BCUT2D eigenvalue weighted by Gasteiger charge is -2.15. The van der Waals surface area contributed by atoms with E-state index >= 15 is 0 Å². The van der Waals surface area contributed by atoms with E-state index in [-0.39, 0.29) is 12.7 Å². The minimum absolute atomic E-state index is 0.137. The van der Waals surface area contributed by atoms with Crippen LogP contribution in [0.1, 0.15) is 18.2 Å². The molecule has 5 nitrogen and oxygen atoms in total. The largest absolute Gasteiger partial charge is 0.465 e. The summed E-state index contributed by atoms with van der Waals surface area (Å²) in [6.07, 6.45) is -4.92. The number of nitriles is 1. The summed E-state index contributed by atoms with van der Waals surface area (Å²) in [6.45, 7) is 1.24. The summed E-state index contributed by atoms with van der Waals surface area (Å²) in [7, 11) is 0. The van der Waals surface area contributed by atoms with Crippen molar-refractivity contribution >= 4 is 0 Å². The van der Waals surface area contributed by atoms with E-state index < -0.39 is 46.3 Å². The van der Waals surface area contributed by atoms with E-state index in [2.05, 4.69) is 4.98 Å². The lowest BCUT2D eigenvalue weighted by atomic mass is 10.2. The Kier molecular flexibility index (Phi) is 4.54. The molecule has 1 aromatic heterocycles. The van der Waals surface area contributed by atoms with E-state index in [0.717, 1.165) is 0 Å². The summed E-state index contributed by atoms with van der Waals surface area (Å²) < 4.78 is 71.1. The molecule has 0 N–H and O–H groups in total. The van der Waals surface area contributed by atoms with Gasteiger partial charge in [-0.25, -0.2) is 13.3 Å². The van der Waals surface area contributed by atoms with E-state index in [0.29, 0.717) is 16.7 Å². The second kappa shape index (κ2) is 6.27. The van der Waals surface area contributed by atoms with Crippen molar-refractivity contribution in [1.29, 1.82) is 5.26 Å². The van der Waals surface area contributed by atoms with Gasteiger partial charge in [0.15, 0.2) is 5.69 Å². The minimum Gasteiger partial charge on any atom is -0.465 e. The normalized spacial score (nSPS) is 11.2. The quantitative estimate of drug-likeness (QED) is 0.803. The zero-order valence-electron chi connectivity index (χ0n) is 12.0. The van der Waals surface area contributed by atoms with Crippen molar-refractivity contribution in [3.05, 3.63) is 51.4 Å². The second-order valence-electron chi connectivity index (χ2n) is 4.42. The van der Waals surface area contributed by atoms with Gasteiger partial charge in [-0.05, 0) is 13.0 Å². The predicted molar refractivity (Wildman–Crippen MR) is 70.6 cm³/mol. The fraction of sp³-hybridized carbons (Fsp3) is 0.214. The average Bonchev–Trinajstić information content (AvgIpc) is 2.49. The highest BCUT2D eigenvalue weighted by Gasteiger charge is 2.35. The molecule has 0 spiro atoms. The van der Waals surface area contributed by atoms with Crippen molar-refractivity contribution in [2.75, 3.05) is 6.61 Å². The third kappa shape index (κ3) is 3.19. The Morgan fingerprint density at radius 3 is 2.46 bits per heavy atom. The van der Waals surface area contributed by atoms with Crippen LogP contribution in [0.15, 0.2) is 23.0 Å². The van der Waals surface area contributed by atoms with Crippen molar-refractivity contribution in [2.45, 2.75) is 13.1 Å². The Morgan fingerprint density at radius 2 is 1.92 bits per heavy atom. The Balaban J connectivity index is 2.78. The molecule has 0 aliphatic heterocycles.